The highest BCUT2D eigenvalue weighted by molar-refractivity contribution is 5.73. The van der Waals surface area contributed by atoms with Gasteiger partial charge in [-0.15, -0.1) is 0 Å². The number of nitrogens with zero attached hydrogens (tertiary/aromatic N) is 5. The van der Waals surface area contributed by atoms with Gasteiger partial charge in [0.1, 0.15) is 12.5 Å². The van der Waals surface area contributed by atoms with E-state index < -0.39 is 0 Å². The summed E-state index contributed by atoms with van der Waals surface area (Å²) in [6.07, 6.45) is 10.5. The quantitative estimate of drug-likeness (QED) is 0.851. The van der Waals surface area contributed by atoms with Crippen molar-refractivity contribution in [3.05, 3.63) is 36.2 Å². The number of pyridine rings is 1. The summed E-state index contributed by atoms with van der Waals surface area (Å²) in [4.78, 5) is 16.1. The molecule has 2 bridgehead atoms. The van der Waals surface area contributed by atoms with E-state index in [1.807, 2.05) is 24.7 Å². The third kappa shape index (κ3) is 2.66. The van der Waals surface area contributed by atoms with E-state index in [9.17, 15) is 0 Å². The molecular weight excluding hydrogens is 274 g/mol. The SMILES string of the molecule is CN1CC2CCC(C1)N2Cc1ccc(N2C=CC=NC2)nc1. The summed E-state index contributed by atoms with van der Waals surface area (Å²) < 4.78 is 0. The number of hydrogen-bond acceptors (Lipinski definition) is 5. The number of fused-ring (bicyclic) bond motifs is 2. The third-order valence-electron chi connectivity index (χ3n) is 4.98. The van der Waals surface area contributed by atoms with Gasteiger partial charge in [-0.3, -0.25) is 9.89 Å². The van der Waals surface area contributed by atoms with Crippen LogP contribution >= 0.6 is 0 Å². The monoisotopic (exact) mass is 297 g/mol. The highest BCUT2D eigenvalue weighted by atomic mass is 15.3. The lowest BCUT2D eigenvalue weighted by Gasteiger charge is -2.39. The lowest BCUT2D eigenvalue weighted by atomic mass is 10.1. The first-order chi connectivity index (χ1) is 10.8. The molecular formula is C17H23N5. The standard InChI is InChI=1S/C17H23N5/c1-20-11-15-4-5-16(12-20)22(15)10-14-3-6-17(19-9-14)21-8-2-7-18-13-21/h2-3,6-9,15-16H,4-5,10-13H2,1H3. The van der Waals surface area contributed by atoms with Crippen LogP contribution in [-0.4, -0.2) is 59.9 Å². The molecule has 3 aliphatic heterocycles. The Kier molecular flexibility index (Phi) is 3.68. The van der Waals surface area contributed by atoms with E-state index in [0.29, 0.717) is 6.67 Å². The molecule has 5 nitrogen and oxygen atoms in total. The zero-order valence-corrected chi connectivity index (χ0v) is 13.1. The Labute approximate surface area is 131 Å². The maximum absolute atomic E-state index is 4.62. The highest BCUT2D eigenvalue weighted by Crippen LogP contribution is 2.31. The molecule has 0 aromatic carbocycles. The molecule has 0 saturated carbocycles. The van der Waals surface area contributed by atoms with Crippen LogP contribution in [0.25, 0.3) is 0 Å². The van der Waals surface area contributed by atoms with Crippen LogP contribution in [0.3, 0.4) is 0 Å². The second-order valence-corrected chi connectivity index (χ2v) is 6.59. The van der Waals surface area contributed by atoms with Crippen molar-refractivity contribution >= 4 is 12.0 Å². The molecule has 22 heavy (non-hydrogen) atoms. The molecule has 2 saturated heterocycles. The van der Waals surface area contributed by atoms with E-state index in [1.165, 1.54) is 31.5 Å². The number of allylic oxidation sites excluding steroid dienone is 1. The maximum Gasteiger partial charge on any atom is 0.134 e. The topological polar surface area (TPSA) is 35.0 Å². The molecule has 4 rings (SSSR count). The van der Waals surface area contributed by atoms with Gasteiger partial charge in [-0.2, -0.15) is 0 Å². The molecule has 0 aliphatic carbocycles. The van der Waals surface area contributed by atoms with Gasteiger partial charge < -0.3 is 9.80 Å². The summed E-state index contributed by atoms with van der Waals surface area (Å²) >= 11 is 0. The van der Waals surface area contributed by atoms with E-state index in [1.54, 1.807) is 0 Å². The van der Waals surface area contributed by atoms with Gasteiger partial charge in [-0.1, -0.05) is 6.07 Å². The number of rotatable bonds is 3. The summed E-state index contributed by atoms with van der Waals surface area (Å²) in [6, 6.07) is 5.77. The fraction of sp³-hybridized carbons (Fsp3) is 0.529. The lowest BCUT2D eigenvalue weighted by Crippen LogP contribution is -2.51. The molecule has 3 aliphatic rings. The smallest absolute Gasteiger partial charge is 0.134 e. The highest BCUT2D eigenvalue weighted by Gasteiger charge is 2.38. The molecule has 5 heteroatoms. The van der Waals surface area contributed by atoms with Crippen molar-refractivity contribution in [1.29, 1.82) is 0 Å². The molecule has 2 fully saturated rings. The summed E-state index contributed by atoms with van der Waals surface area (Å²) in [5.41, 5.74) is 1.31. The predicted octanol–water partition coefficient (Wildman–Crippen LogP) is 1.72. The predicted molar refractivity (Wildman–Crippen MR) is 89.1 cm³/mol. The van der Waals surface area contributed by atoms with E-state index in [2.05, 4.69) is 43.9 Å². The van der Waals surface area contributed by atoms with E-state index in [-0.39, 0.29) is 0 Å². The van der Waals surface area contributed by atoms with Crippen LogP contribution in [0.4, 0.5) is 5.82 Å². The number of anilines is 1. The van der Waals surface area contributed by atoms with E-state index in [0.717, 1.165) is 24.4 Å². The normalized spacial score (nSPS) is 28.5. The van der Waals surface area contributed by atoms with Crippen molar-refractivity contribution in [3.63, 3.8) is 0 Å². The number of likely N-dealkylation sites (N-methyl/N-ethyl adjacent to an activating group) is 1. The summed E-state index contributed by atoms with van der Waals surface area (Å²) in [5, 5.41) is 0. The number of aliphatic imine (C=N–C) groups is 1. The number of piperazine rings is 1. The summed E-state index contributed by atoms with van der Waals surface area (Å²) in [5.74, 6) is 0.971. The first-order valence-corrected chi connectivity index (χ1v) is 8.12. The van der Waals surface area contributed by atoms with Crippen molar-refractivity contribution in [2.75, 3.05) is 31.7 Å². The van der Waals surface area contributed by atoms with Crippen LogP contribution in [0.5, 0.6) is 0 Å². The van der Waals surface area contributed by atoms with Crippen molar-refractivity contribution in [2.24, 2.45) is 4.99 Å². The van der Waals surface area contributed by atoms with Gasteiger partial charge in [0, 0.05) is 50.3 Å². The Morgan fingerprint density at radius 2 is 2.00 bits per heavy atom. The molecule has 2 atom stereocenters. The minimum atomic E-state index is 0.658. The van der Waals surface area contributed by atoms with Crippen molar-refractivity contribution in [2.45, 2.75) is 31.5 Å². The number of aromatic nitrogens is 1. The molecule has 1 aromatic heterocycles. The summed E-state index contributed by atoms with van der Waals surface area (Å²) in [7, 11) is 2.24. The third-order valence-corrected chi connectivity index (χ3v) is 4.98. The van der Waals surface area contributed by atoms with E-state index >= 15 is 0 Å². The Bertz CT molecular complexity index is 565. The maximum atomic E-state index is 4.62. The molecule has 0 spiro atoms. The minimum absolute atomic E-state index is 0.658. The Balaban J connectivity index is 1.43. The van der Waals surface area contributed by atoms with Gasteiger partial charge in [0.05, 0.1) is 0 Å². The molecule has 0 amide bonds. The zero-order valence-electron chi connectivity index (χ0n) is 13.1. The Morgan fingerprint density at radius 1 is 1.18 bits per heavy atom. The average Bonchev–Trinajstić information content (AvgIpc) is 2.79. The molecule has 4 heterocycles. The molecule has 0 N–H and O–H groups in total. The second kappa shape index (κ2) is 5.82. The van der Waals surface area contributed by atoms with Crippen molar-refractivity contribution in [1.82, 2.24) is 14.8 Å². The van der Waals surface area contributed by atoms with E-state index in [4.69, 9.17) is 0 Å². The lowest BCUT2D eigenvalue weighted by molar-refractivity contribution is 0.0759. The first kappa shape index (κ1) is 13.9. The van der Waals surface area contributed by atoms with Crippen LogP contribution in [0.15, 0.2) is 35.6 Å². The largest absolute Gasteiger partial charge is 0.313 e. The van der Waals surface area contributed by atoms with Gasteiger partial charge >= 0.3 is 0 Å². The number of hydrogen-bond donors (Lipinski definition) is 0. The molecule has 116 valence electrons. The number of likely N-dealkylation sites (tertiary alicyclic amines) is 1. The fourth-order valence-electron chi connectivity index (χ4n) is 3.88. The van der Waals surface area contributed by atoms with Crippen LogP contribution in [0.1, 0.15) is 18.4 Å². The van der Waals surface area contributed by atoms with Crippen LogP contribution < -0.4 is 4.90 Å². The van der Waals surface area contributed by atoms with Gasteiger partial charge in [-0.25, -0.2) is 4.98 Å². The van der Waals surface area contributed by atoms with Crippen LogP contribution in [0.2, 0.25) is 0 Å². The first-order valence-electron chi connectivity index (χ1n) is 8.12. The van der Waals surface area contributed by atoms with Gasteiger partial charge in [0.15, 0.2) is 0 Å². The zero-order chi connectivity index (χ0) is 14.9. The molecule has 0 radical (unpaired) electrons. The molecule has 1 aromatic rings. The molecule has 2 unspecified atom stereocenters. The van der Waals surface area contributed by atoms with Crippen molar-refractivity contribution in [3.8, 4) is 0 Å². The summed E-state index contributed by atoms with van der Waals surface area (Å²) in [6.45, 7) is 4.10. The van der Waals surface area contributed by atoms with Crippen molar-refractivity contribution < 1.29 is 0 Å². The minimum Gasteiger partial charge on any atom is -0.313 e. The van der Waals surface area contributed by atoms with Crippen LogP contribution in [0, 0.1) is 0 Å². The average molecular weight is 297 g/mol. The Hall–Kier alpha value is -1.72. The Morgan fingerprint density at radius 3 is 2.64 bits per heavy atom. The van der Waals surface area contributed by atoms with Gasteiger partial charge in [0.25, 0.3) is 0 Å². The fourth-order valence-corrected chi connectivity index (χ4v) is 3.88. The van der Waals surface area contributed by atoms with Gasteiger partial charge in [0.2, 0.25) is 0 Å². The van der Waals surface area contributed by atoms with Gasteiger partial charge in [-0.05, 0) is 37.6 Å². The van der Waals surface area contributed by atoms with Crippen LogP contribution in [-0.2, 0) is 6.54 Å². The second-order valence-electron chi connectivity index (χ2n) is 6.59.